The average molecular weight is 279 g/mol. The van der Waals surface area contributed by atoms with Crippen molar-refractivity contribution >= 4 is 17.5 Å². The number of hydrogen-bond donors (Lipinski definition) is 1. The zero-order valence-electron chi connectivity index (χ0n) is 11.2. The van der Waals surface area contributed by atoms with Crippen LogP contribution in [0.4, 0.5) is 11.5 Å². The Morgan fingerprint density at radius 1 is 1.45 bits per heavy atom. The van der Waals surface area contributed by atoms with E-state index in [2.05, 4.69) is 10.3 Å². The molecule has 7 nitrogen and oxygen atoms in total. The van der Waals surface area contributed by atoms with E-state index in [-0.39, 0.29) is 23.7 Å². The first-order chi connectivity index (χ1) is 9.61. The number of methoxy groups -OCH3 is 1. The summed E-state index contributed by atoms with van der Waals surface area (Å²) in [5.74, 6) is -0.389. The number of nitrogens with one attached hydrogen (secondary N) is 1. The first-order valence-electron chi connectivity index (χ1n) is 6.55. The molecule has 0 atom stereocenters. The maximum absolute atomic E-state index is 11.4. The van der Waals surface area contributed by atoms with E-state index in [4.69, 9.17) is 4.74 Å². The molecule has 1 aromatic rings. The number of hydrogen-bond acceptors (Lipinski definition) is 6. The Bertz CT molecular complexity index is 498. The molecule has 1 heterocycles. The smallest absolute Gasteiger partial charge is 0.386 e. The minimum absolute atomic E-state index is 0.0538. The zero-order chi connectivity index (χ0) is 14.5. The topological polar surface area (TPSA) is 94.4 Å². The summed E-state index contributed by atoms with van der Waals surface area (Å²) in [4.78, 5) is 25.6. The third-order valence-corrected chi connectivity index (χ3v) is 3.58. The highest BCUT2D eigenvalue weighted by Gasteiger charge is 2.28. The van der Waals surface area contributed by atoms with Crippen molar-refractivity contribution in [2.45, 2.75) is 31.7 Å². The van der Waals surface area contributed by atoms with Gasteiger partial charge in [-0.05, 0) is 47.7 Å². The quantitative estimate of drug-likeness (QED) is 0.515. The standard InChI is InChI=1S/C13H17N3O4/c1-20-13(17)9-4-6-10(7-5-9)15-11-3-2-8-14-12(11)16(18)19/h2-3,8-10,15H,4-7H2,1H3. The van der Waals surface area contributed by atoms with Crippen LogP contribution in [-0.2, 0) is 9.53 Å². The molecule has 0 radical (unpaired) electrons. The van der Waals surface area contributed by atoms with Crippen molar-refractivity contribution in [3.63, 3.8) is 0 Å². The second-order valence-corrected chi connectivity index (χ2v) is 4.85. The minimum Gasteiger partial charge on any atom is -0.469 e. The highest BCUT2D eigenvalue weighted by atomic mass is 16.6. The van der Waals surface area contributed by atoms with Gasteiger partial charge in [0.2, 0.25) is 0 Å². The summed E-state index contributed by atoms with van der Waals surface area (Å²) in [7, 11) is 1.39. The predicted molar refractivity (Wildman–Crippen MR) is 72.3 cm³/mol. The third kappa shape index (κ3) is 3.23. The van der Waals surface area contributed by atoms with E-state index in [0.29, 0.717) is 5.69 Å². The number of nitro groups is 1. The molecule has 7 heteroatoms. The van der Waals surface area contributed by atoms with Crippen molar-refractivity contribution in [3.8, 4) is 0 Å². The second-order valence-electron chi connectivity index (χ2n) is 4.85. The fourth-order valence-corrected chi connectivity index (χ4v) is 2.52. The Hall–Kier alpha value is -2.18. The maximum atomic E-state index is 11.4. The number of rotatable bonds is 4. The minimum atomic E-state index is -0.498. The molecule has 0 saturated heterocycles. The SMILES string of the molecule is COC(=O)C1CCC(Nc2cccnc2[N+](=O)[O-])CC1. The van der Waals surface area contributed by atoms with Crippen LogP contribution in [0.5, 0.6) is 0 Å². The number of anilines is 1. The molecule has 0 amide bonds. The molecule has 108 valence electrons. The van der Waals surface area contributed by atoms with Gasteiger partial charge in [0.05, 0.1) is 13.0 Å². The highest BCUT2D eigenvalue weighted by molar-refractivity contribution is 5.72. The van der Waals surface area contributed by atoms with Crippen LogP contribution >= 0.6 is 0 Å². The van der Waals surface area contributed by atoms with Gasteiger partial charge in [-0.25, -0.2) is 0 Å². The van der Waals surface area contributed by atoms with Crippen LogP contribution < -0.4 is 5.32 Å². The van der Waals surface area contributed by atoms with Gasteiger partial charge >= 0.3 is 11.8 Å². The van der Waals surface area contributed by atoms with Crippen LogP contribution in [0.25, 0.3) is 0 Å². The van der Waals surface area contributed by atoms with E-state index in [9.17, 15) is 14.9 Å². The molecule has 20 heavy (non-hydrogen) atoms. The van der Waals surface area contributed by atoms with Crippen molar-refractivity contribution in [1.82, 2.24) is 4.98 Å². The number of carbonyl (C=O) groups excluding carboxylic acids is 1. The van der Waals surface area contributed by atoms with E-state index in [1.54, 1.807) is 12.1 Å². The van der Waals surface area contributed by atoms with Gasteiger partial charge in [0.1, 0.15) is 11.9 Å². The Morgan fingerprint density at radius 2 is 2.15 bits per heavy atom. The Kier molecular flexibility index (Phi) is 4.49. The molecule has 1 aromatic heterocycles. The van der Waals surface area contributed by atoms with Gasteiger partial charge in [-0.15, -0.1) is 0 Å². The van der Waals surface area contributed by atoms with Crippen molar-refractivity contribution in [2.75, 3.05) is 12.4 Å². The lowest BCUT2D eigenvalue weighted by molar-refractivity contribution is -0.388. The van der Waals surface area contributed by atoms with Gasteiger partial charge in [-0.2, -0.15) is 0 Å². The summed E-state index contributed by atoms with van der Waals surface area (Å²) < 4.78 is 4.74. The van der Waals surface area contributed by atoms with E-state index in [0.717, 1.165) is 25.7 Å². The van der Waals surface area contributed by atoms with Gasteiger partial charge in [-0.3, -0.25) is 4.79 Å². The molecule has 1 aliphatic carbocycles. The van der Waals surface area contributed by atoms with Gasteiger partial charge in [0, 0.05) is 6.04 Å². The number of nitrogens with zero attached hydrogens (tertiary/aromatic N) is 2. The number of aromatic nitrogens is 1. The van der Waals surface area contributed by atoms with Crippen molar-refractivity contribution in [1.29, 1.82) is 0 Å². The van der Waals surface area contributed by atoms with E-state index >= 15 is 0 Å². The summed E-state index contributed by atoms with van der Waals surface area (Å²) in [5, 5.41) is 14.0. The Morgan fingerprint density at radius 3 is 2.75 bits per heavy atom. The molecule has 0 aromatic carbocycles. The van der Waals surface area contributed by atoms with E-state index in [1.165, 1.54) is 13.3 Å². The van der Waals surface area contributed by atoms with Crippen LogP contribution in [0.1, 0.15) is 25.7 Å². The summed E-state index contributed by atoms with van der Waals surface area (Å²) in [5.41, 5.74) is 0.430. The van der Waals surface area contributed by atoms with E-state index in [1.807, 2.05) is 0 Å². The first-order valence-corrected chi connectivity index (χ1v) is 6.55. The van der Waals surface area contributed by atoms with Crippen LogP contribution in [0, 0.1) is 16.0 Å². The largest absolute Gasteiger partial charge is 0.469 e. The van der Waals surface area contributed by atoms with Crippen LogP contribution in [-0.4, -0.2) is 29.0 Å². The molecule has 1 saturated carbocycles. The van der Waals surface area contributed by atoms with Crippen molar-refractivity contribution < 1.29 is 14.5 Å². The lowest BCUT2D eigenvalue weighted by atomic mass is 9.86. The summed E-state index contributed by atoms with van der Waals surface area (Å²) in [6.07, 6.45) is 4.44. The molecule has 2 rings (SSSR count). The number of carbonyl (C=O) groups is 1. The van der Waals surface area contributed by atoms with Crippen LogP contribution in [0.3, 0.4) is 0 Å². The molecular weight excluding hydrogens is 262 g/mol. The molecule has 1 aliphatic rings. The predicted octanol–water partition coefficient (Wildman–Crippen LogP) is 2.13. The normalized spacial score (nSPS) is 22.1. The molecule has 1 fully saturated rings. The number of esters is 1. The molecule has 0 spiro atoms. The van der Waals surface area contributed by atoms with Gasteiger partial charge in [0.15, 0.2) is 0 Å². The Labute approximate surface area is 116 Å². The lowest BCUT2D eigenvalue weighted by Gasteiger charge is -2.27. The second kappa shape index (κ2) is 6.31. The monoisotopic (exact) mass is 279 g/mol. The zero-order valence-corrected chi connectivity index (χ0v) is 11.2. The van der Waals surface area contributed by atoms with Gasteiger partial charge in [0.25, 0.3) is 0 Å². The summed E-state index contributed by atoms with van der Waals surface area (Å²) >= 11 is 0. The van der Waals surface area contributed by atoms with Crippen molar-refractivity contribution in [2.24, 2.45) is 5.92 Å². The average Bonchev–Trinajstić information content (AvgIpc) is 2.47. The molecular formula is C13H17N3O4. The molecule has 0 unspecified atom stereocenters. The molecule has 0 aliphatic heterocycles. The molecule has 1 N–H and O–H groups in total. The number of ether oxygens (including phenoxy) is 1. The maximum Gasteiger partial charge on any atom is 0.386 e. The van der Waals surface area contributed by atoms with Crippen LogP contribution in [0.15, 0.2) is 18.3 Å². The lowest BCUT2D eigenvalue weighted by Crippen LogP contribution is -2.30. The number of pyridine rings is 1. The fraction of sp³-hybridized carbons (Fsp3) is 0.538. The van der Waals surface area contributed by atoms with Gasteiger partial charge in [-0.1, -0.05) is 0 Å². The van der Waals surface area contributed by atoms with E-state index < -0.39 is 4.92 Å². The summed E-state index contributed by atoms with van der Waals surface area (Å²) in [6.45, 7) is 0. The molecule has 0 bridgehead atoms. The van der Waals surface area contributed by atoms with Crippen LogP contribution in [0.2, 0.25) is 0 Å². The fourth-order valence-electron chi connectivity index (χ4n) is 2.52. The highest BCUT2D eigenvalue weighted by Crippen LogP contribution is 2.29. The Balaban J connectivity index is 1.96. The summed E-state index contributed by atoms with van der Waals surface area (Å²) in [6, 6.07) is 3.44. The third-order valence-electron chi connectivity index (χ3n) is 3.58. The van der Waals surface area contributed by atoms with Crippen molar-refractivity contribution in [3.05, 3.63) is 28.4 Å². The van der Waals surface area contributed by atoms with Gasteiger partial charge < -0.3 is 20.2 Å². The first kappa shape index (κ1) is 14.2.